The van der Waals surface area contributed by atoms with Gasteiger partial charge in [0.2, 0.25) is 5.95 Å². The number of H-pyrrole nitrogens is 1. The van der Waals surface area contributed by atoms with Gasteiger partial charge >= 0.3 is 5.69 Å². The van der Waals surface area contributed by atoms with Crippen molar-refractivity contribution < 1.29 is 0 Å². The van der Waals surface area contributed by atoms with E-state index in [4.69, 9.17) is 4.98 Å². The molecule has 1 N–H and O–H groups in total. The van der Waals surface area contributed by atoms with Gasteiger partial charge in [-0.1, -0.05) is 41.9 Å². The minimum atomic E-state index is -0.450. The van der Waals surface area contributed by atoms with Crippen LogP contribution in [0.5, 0.6) is 0 Å². The molecular formula is C21H27BrN6O2. The first-order valence-corrected chi connectivity index (χ1v) is 11.0. The fraction of sp³-hybridized carbons (Fsp3) is 0.476. The lowest BCUT2D eigenvalue weighted by Crippen LogP contribution is -2.48. The number of piperazine rings is 1. The van der Waals surface area contributed by atoms with Crippen molar-refractivity contribution in [3.8, 4) is 0 Å². The number of nitrogens with zero attached hydrogens (tertiary/aromatic N) is 5. The molecule has 8 nitrogen and oxygen atoms in total. The van der Waals surface area contributed by atoms with Crippen molar-refractivity contribution in [1.82, 2.24) is 24.0 Å². The second-order valence-electron chi connectivity index (χ2n) is 8.30. The Morgan fingerprint density at radius 3 is 2.40 bits per heavy atom. The molecule has 30 heavy (non-hydrogen) atoms. The van der Waals surface area contributed by atoms with E-state index in [1.807, 2.05) is 28.8 Å². The number of halogens is 1. The minimum Gasteiger partial charge on any atom is -0.340 e. The van der Waals surface area contributed by atoms with Gasteiger partial charge in [-0.25, -0.2) is 4.79 Å². The number of aryl methyl sites for hydroxylation is 1. The normalized spacial score (nSPS) is 15.4. The SMILES string of the molecule is CC(C)CN1CCN(c2nc3c(c(=O)[nH]c(=O)n3C)n2Cc2ccc(Br)cc2)CC1. The van der Waals surface area contributed by atoms with Gasteiger partial charge in [-0.05, 0) is 23.6 Å². The van der Waals surface area contributed by atoms with E-state index in [-0.39, 0.29) is 0 Å². The van der Waals surface area contributed by atoms with Crippen molar-refractivity contribution >= 4 is 33.0 Å². The number of benzene rings is 1. The maximum absolute atomic E-state index is 12.7. The lowest BCUT2D eigenvalue weighted by molar-refractivity contribution is 0.230. The summed E-state index contributed by atoms with van der Waals surface area (Å²) in [5.74, 6) is 1.37. The molecule has 1 fully saturated rings. The summed E-state index contributed by atoms with van der Waals surface area (Å²) in [7, 11) is 1.64. The van der Waals surface area contributed by atoms with Crippen molar-refractivity contribution in [1.29, 1.82) is 0 Å². The van der Waals surface area contributed by atoms with Gasteiger partial charge in [0.05, 0.1) is 6.54 Å². The standard InChI is InChI=1S/C21H27BrN6O2/c1-14(2)12-26-8-10-27(11-9-26)20-23-18-17(19(29)24-21(30)25(18)3)28(20)13-15-4-6-16(22)7-5-15/h4-7,14H,8-13H2,1-3H3,(H,24,29,30). The van der Waals surface area contributed by atoms with Crippen molar-refractivity contribution in [2.75, 3.05) is 37.6 Å². The summed E-state index contributed by atoms with van der Waals surface area (Å²) in [5.41, 5.74) is 1.06. The van der Waals surface area contributed by atoms with Gasteiger partial charge in [0.25, 0.3) is 5.56 Å². The fourth-order valence-electron chi connectivity index (χ4n) is 4.03. The average Bonchev–Trinajstić information content (AvgIpc) is 3.08. The van der Waals surface area contributed by atoms with Crippen LogP contribution in [0.25, 0.3) is 11.2 Å². The molecule has 1 saturated heterocycles. The Bertz CT molecular complexity index is 1150. The number of aromatic amines is 1. The summed E-state index contributed by atoms with van der Waals surface area (Å²) in [5, 5.41) is 0. The zero-order valence-electron chi connectivity index (χ0n) is 17.6. The third-order valence-electron chi connectivity index (χ3n) is 5.52. The Morgan fingerprint density at radius 1 is 1.10 bits per heavy atom. The van der Waals surface area contributed by atoms with Crippen LogP contribution in [0.3, 0.4) is 0 Å². The van der Waals surface area contributed by atoms with Crippen LogP contribution < -0.4 is 16.1 Å². The van der Waals surface area contributed by atoms with Gasteiger partial charge in [0, 0.05) is 44.2 Å². The first kappa shape index (κ1) is 20.9. The fourth-order valence-corrected chi connectivity index (χ4v) is 4.30. The molecule has 0 saturated carbocycles. The molecular weight excluding hydrogens is 448 g/mol. The third kappa shape index (κ3) is 4.09. The Hall–Kier alpha value is -2.39. The van der Waals surface area contributed by atoms with Crippen LogP contribution in [0, 0.1) is 5.92 Å². The van der Waals surface area contributed by atoms with E-state index in [1.54, 1.807) is 7.05 Å². The summed E-state index contributed by atoms with van der Waals surface area (Å²) >= 11 is 3.47. The van der Waals surface area contributed by atoms with E-state index < -0.39 is 11.2 Å². The second-order valence-corrected chi connectivity index (χ2v) is 9.21. The molecule has 0 radical (unpaired) electrons. The first-order chi connectivity index (χ1) is 14.3. The zero-order valence-corrected chi connectivity index (χ0v) is 19.1. The van der Waals surface area contributed by atoms with E-state index in [0.29, 0.717) is 23.6 Å². The van der Waals surface area contributed by atoms with E-state index in [2.05, 4.69) is 44.6 Å². The molecule has 3 heterocycles. The molecule has 160 valence electrons. The second kappa shape index (κ2) is 8.39. The predicted molar refractivity (Wildman–Crippen MR) is 122 cm³/mol. The molecule has 0 bridgehead atoms. The number of nitrogens with one attached hydrogen (secondary N) is 1. The highest BCUT2D eigenvalue weighted by Gasteiger charge is 2.25. The molecule has 0 amide bonds. The van der Waals surface area contributed by atoms with Gasteiger partial charge in [-0.3, -0.25) is 23.8 Å². The van der Waals surface area contributed by atoms with Crippen molar-refractivity contribution in [3.05, 3.63) is 55.1 Å². The zero-order chi connectivity index (χ0) is 21.4. The maximum Gasteiger partial charge on any atom is 0.329 e. The highest BCUT2D eigenvalue weighted by Crippen LogP contribution is 2.23. The van der Waals surface area contributed by atoms with E-state index in [9.17, 15) is 9.59 Å². The summed E-state index contributed by atoms with van der Waals surface area (Å²) in [6.45, 7) is 9.63. The maximum atomic E-state index is 12.7. The Balaban J connectivity index is 1.76. The number of anilines is 1. The van der Waals surface area contributed by atoms with Crippen molar-refractivity contribution in [2.45, 2.75) is 20.4 Å². The molecule has 1 aromatic carbocycles. The van der Waals surface area contributed by atoms with Crippen molar-refractivity contribution in [3.63, 3.8) is 0 Å². The molecule has 0 atom stereocenters. The highest BCUT2D eigenvalue weighted by molar-refractivity contribution is 9.10. The van der Waals surface area contributed by atoms with E-state index in [1.165, 1.54) is 4.57 Å². The lowest BCUT2D eigenvalue weighted by Gasteiger charge is -2.36. The van der Waals surface area contributed by atoms with Gasteiger partial charge in [-0.15, -0.1) is 0 Å². The Kier molecular flexibility index (Phi) is 5.84. The minimum absolute atomic E-state index is 0.401. The summed E-state index contributed by atoms with van der Waals surface area (Å²) in [6.07, 6.45) is 0. The highest BCUT2D eigenvalue weighted by atomic mass is 79.9. The molecule has 0 unspecified atom stereocenters. The number of hydrogen-bond donors (Lipinski definition) is 1. The van der Waals surface area contributed by atoms with E-state index >= 15 is 0 Å². The molecule has 1 aliphatic rings. The Labute approximate surface area is 183 Å². The molecule has 9 heteroatoms. The van der Waals surface area contributed by atoms with Crippen LogP contribution >= 0.6 is 15.9 Å². The summed E-state index contributed by atoms with van der Waals surface area (Å²) < 4.78 is 4.35. The smallest absolute Gasteiger partial charge is 0.329 e. The van der Waals surface area contributed by atoms with Crippen LogP contribution in [0.1, 0.15) is 19.4 Å². The number of rotatable bonds is 5. The number of fused-ring (bicyclic) bond motifs is 1. The van der Waals surface area contributed by atoms with Gasteiger partial charge in [0.15, 0.2) is 11.2 Å². The average molecular weight is 475 g/mol. The topological polar surface area (TPSA) is 79.2 Å². The number of imidazole rings is 1. The van der Waals surface area contributed by atoms with Crippen LogP contribution in [0.4, 0.5) is 5.95 Å². The number of hydrogen-bond acceptors (Lipinski definition) is 5. The van der Waals surface area contributed by atoms with Gasteiger partial charge in [0.1, 0.15) is 0 Å². The van der Waals surface area contributed by atoms with Crippen LogP contribution in [-0.2, 0) is 13.6 Å². The van der Waals surface area contributed by atoms with Crippen LogP contribution in [0.2, 0.25) is 0 Å². The first-order valence-electron chi connectivity index (χ1n) is 10.2. The van der Waals surface area contributed by atoms with Gasteiger partial charge < -0.3 is 4.90 Å². The molecule has 3 aromatic rings. The van der Waals surface area contributed by atoms with Gasteiger partial charge in [-0.2, -0.15) is 4.98 Å². The monoisotopic (exact) mass is 474 g/mol. The third-order valence-corrected chi connectivity index (χ3v) is 6.05. The van der Waals surface area contributed by atoms with Crippen molar-refractivity contribution in [2.24, 2.45) is 13.0 Å². The molecule has 1 aliphatic heterocycles. The molecule has 0 aliphatic carbocycles. The molecule has 2 aromatic heterocycles. The number of aromatic nitrogens is 4. The molecule has 4 rings (SSSR count). The largest absolute Gasteiger partial charge is 0.340 e. The summed E-state index contributed by atoms with van der Waals surface area (Å²) in [6, 6.07) is 8.02. The lowest BCUT2D eigenvalue weighted by atomic mass is 10.2. The van der Waals surface area contributed by atoms with Crippen LogP contribution in [0.15, 0.2) is 38.3 Å². The predicted octanol–water partition coefficient (Wildman–Crippen LogP) is 2.01. The van der Waals surface area contributed by atoms with E-state index in [0.717, 1.165) is 48.7 Å². The van der Waals surface area contributed by atoms with Crippen LogP contribution in [-0.4, -0.2) is 56.7 Å². The summed E-state index contributed by atoms with van der Waals surface area (Å²) in [4.78, 5) is 36.7. The Morgan fingerprint density at radius 2 is 1.77 bits per heavy atom. The quantitative estimate of drug-likeness (QED) is 0.611. The molecule has 0 spiro atoms.